The van der Waals surface area contributed by atoms with E-state index in [1.54, 1.807) is 36.4 Å². The van der Waals surface area contributed by atoms with Gasteiger partial charge in [0.15, 0.2) is 5.78 Å². The fourth-order valence-electron chi connectivity index (χ4n) is 3.16. The van der Waals surface area contributed by atoms with E-state index in [4.69, 9.17) is 33.7 Å². The van der Waals surface area contributed by atoms with Crippen LogP contribution >= 0.6 is 39.1 Å². The standard InChI is InChI=1S/C24H19BrCl2F2N2O3/c25-15-3-5-16(6-4-15)31-24(33)17-9-13(1-8-20(17)34-12-21(28)29)10-19(32)22-18(26)7-2-14(11-30)23(22)27/h1-9,21H,10-12,30H2,(H,31,33). The monoisotopic (exact) mass is 570 g/mol. The summed E-state index contributed by atoms with van der Waals surface area (Å²) in [7, 11) is 0. The number of rotatable bonds is 9. The molecule has 3 N–H and O–H groups in total. The minimum atomic E-state index is -2.72. The number of ketones is 1. The van der Waals surface area contributed by atoms with Crippen molar-refractivity contribution < 1.29 is 23.1 Å². The summed E-state index contributed by atoms with van der Waals surface area (Å²) in [6, 6.07) is 14.3. The van der Waals surface area contributed by atoms with Gasteiger partial charge in [0, 0.05) is 23.1 Å². The highest BCUT2D eigenvalue weighted by Crippen LogP contribution is 2.30. The molecule has 0 aromatic heterocycles. The molecule has 0 aliphatic rings. The van der Waals surface area contributed by atoms with Crippen LogP contribution in [0, 0.1) is 0 Å². The van der Waals surface area contributed by atoms with Gasteiger partial charge in [0.05, 0.1) is 21.2 Å². The maximum atomic E-state index is 13.0. The lowest BCUT2D eigenvalue weighted by Gasteiger charge is -2.14. The number of alkyl halides is 2. The van der Waals surface area contributed by atoms with Gasteiger partial charge in [0.25, 0.3) is 12.3 Å². The first-order valence-electron chi connectivity index (χ1n) is 10.0. The second-order valence-corrected chi connectivity index (χ2v) is 8.89. The third-order valence-electron chi connectivity index (χ3n) is 4.79. The van der Waals surface area contributed by atoms with E-state index in [-0.39, 0.29) is 45.7 Å². The van der Waals surface area contributed by atoms with E-state index in [1.807, 2.05) is 0 Å². The molecule has 0 aliphatic carbocycles. The molecule has 0 unspecified atom stereocenters. The quantitative estimate of drug-likeness (QED) is 0.286. The second kappa shape index (κ2) is 11.8. The first-order chi connectivity index (χ1) is 16.2. The summed E-state index contributed by atoms with van der Waals surface area (Å²) in [5.41, 5.74) is 7.30. The molecule has 10 heteroatoms. The van der Waals surface area contributed by atoms with Gasteiger partial charge in [-0.15, -0.1) is 0 Å². The smallest absolute Gasteiger partial charge is 0.272 e. The van der Waals surface area contributed by atoms with Crippen LogP contribution in [-0.4, -0.2) is 24.7 Å². The molecule has 0 saturated carbocycles. The first kappa shape index (κ1) is 26.1. The minimum absolute atomic E-state index is 0.00164. The Morgan fingerprint density at radius 3 is 2.41 bits per heavy atom. The fourth-order valence-corrected chi connectivity index (χ4v) is 4.08. The van der Waals surface area contributed by atoms with Gasteiger partial charge in [-0.25, -0.2) is 8.78 Å². The first-order valence-corrected chi connectivity index (χ1v) is 11.6. The molecule has 0 heterocycles. The number of nitrogens with two attached hydrogens (primary N) is 1. The van der Waals surface area contributed by atoms with E-state index >= 15 is 0 Å². The molecule has 0 radical (unpaired) electrons. The summed E-state index contributed by atoms with van der Waals surface area (Å²) in [5.74, 6) is -1.000. The molecule has 0 fully saturated rings. The third-order valence-corrected chi connectivity index (χ3v) is 6.07. The molecule has 3 aromatic rings. The molecule has 1 amide bonds. The number of hydrogen-bond donors (Lipinski definition) is 2. The van der Waals surface area contributed by atoms with Crippen LogP contribution in [0.25, 0.3) is 0 Å². The highest BCUT2D eigenvalue weighted by Gasteiger charge is 2.20. The largest absolute Gasteiger partial charge is 0.487 e. The number of carbonyl (C=O) groups excluding carboxylic acids is 2. The lowest BCUT2D eigenvalue weighted by molar-refractivity contribution is 0.0803. The highest BCUT2D eigenvalue weighted by atomic mass is 79.9. The average molecular weight is 572 g/mol. The number of nitrogens with one attached hydrogen (secondary N) is 1. The van der Waals surface area contributed by atoms with Crippen molar-refractivity contribution in [2.45, 2.75) is 19.4 Å². The van der Waals surface area contributed by atoms with E-state index in [0.717, 1.165) is 4.47 Å². The Labute approximate surface area is 213 Å². The van der Waals surface area contributed by atoms with Crippen molar-refractivity contribution in [2.75, 3.05) is 11.9 Å². The van der Waals surface area contributed by atoms with Crippen LogP contribution in [-0.2, 0) is 13.0 Å². The number of anilines is 1. The van der Waals surface area contributed by atoms with Crippen molar-refractivity contribution in [1.82, 2.24) is 0 Å². The normalized spacial score (nSPS) is 10.9. The molecule has 0 saturated heterocycles. The summed E-state index contributed by atoms with van der Waals surface area (Å²) in [4.78, 5) is 25.9. The van der Waals surface area contributed by atoms with E-state index in [0.29, 0.717) is 16.8 Å². The molecule has 34 heavy (non-hydrogen) atoms. The molecular formula is C24H19BrCl2F2N2O3. The Hall–Kier alpha value is -2.52. The van der Waals surface area contributed by atoms with Crippen molar-refractivity contribution >= 4 is 56.5 Å². The highest BCUT2D eigenvalue weighted by molar-refractivity contribution is 9.10. The van der Waals surface area contributed by atoms with E-state index in [1.165, 1.54) is 18.2 Å². The third kappa shape index (κ3) is 6.54. The van der Waals surface area contributed by atoms with Crippen LogP contribution in [0.3, 0.4) is 0 Å². The Balaban J connectivity index is 1.91. The van der Waals surface area contributed by atoms with Gasteiger partial charge in [-0.05, 0) is 53.6 Å². The molecule has 178 valence electrons. The topological polar surface area (TPSA) is 81.4 Å². The van der Waals surface area contributed by atoms with Gasteiger partial charge >= 0.3 is 0 Å². The maximum absolute atomic E-state index is 13.0. The van der Waals surface area contributed by atoms with Gasteiger partial charge in [-0.3, -0.25) is 9.59 Å². The number of halogens is 5. The number of hydrogen-bond acceptors (Lipinski definition) is 4. The molecule has 0 bridgehead atoms. The zero-order chi connectivity index (χ0) is 24.8. The van der Waals surface area contributed by atoms with Crippen molar-refractivity contribution in [3.63, 3.8) is 0 Å². The van der Waals surface area contributed by atoms with Crippen molar-refractivity contribution in [3.05, 3.63) is 91.4 Å². The fraction of sp³-hybridized carbons (Fsp3) is 0.167. The molecule has 3 rings (SSSR count). The summed E-state index contributed by atoms with van der Waals surface area (Å²) in [5, 5.41) is 3.04. The molecule has 5 nitrogen and oxygen atoms in total. The maximum Gasteiger partial charge on any atom is 0.272 e. The lowest BCUT2D eigenvalue weighted by Crippen LogP contribution is -2.16. The number of carbonyl (C=O) groups is 2. The predicted molar refractivity (Wildman–Crippen MR) is 132 cm³/mol. The molecule has 0 aliphatic heterocycles. The van der Waals surface area contributed by atoms with Gasteiger partial charge in [0.2, 0.25) is 0 Å². The molecule has 3 aromatic carbocycles. The van der Waals surface area contributed by atoms with Crippen LogP contribution in [0.4, 0.5) is 14.5 Å². The summed E-state index contributed by atoms with van der Waals surface area (Å²) < 4.78 is 31.4. The van der Waals surface area contributed by atoms with Crippen LogP contribution in [0.1, 0.15) is 31.8 Å². The Morgan fingerprint density at radius 2 is 1.76 bits per heavy atom. The minimum Gasteiger partial charge on any atom is -0.487 e. The SMILES string of the molecule is NCc1ccc(Cl)c(C(=O)Cc2ccc(OCC(F)F)c(C(=O)Nc3ccc(Br)cc3)c2)c1Cl. The van der Waals surface area contributed by atoms with E-state index in [2.05, 4.69) is 21.2 Å². The zero-order valence-corrected chi connectivity index (χ0v) is 20.7. The van der Waals surface area contributed by atoms with Crippen LogP contribution in [0.5, 0.6) is 5.75 Å². The van der Waals surface area contributed by atoms with Gasteiger partial charge in [0.1, 0.15) is 12.4 Å². The number of Topliss-reactive ketones (excluding diaryl/α,β-unsaturated/α-hetero) is 1. The van der Waals surface area contributed by atoms with Crippen LogP contribution in [0.2, 0.25) is 10.0 Å². The van der Waals surface area contributed by atoms with Crippen molar-refractivity contribution in [2.24, 2.45) is 5.73 Å². The Morgan fingerprint density at radius 1 is 1.06 bits per heavy atom. The predicted octanol–water partition coefficient (Wildman–Crippen LogP) is 6.54. The Bertz CT molecular complexity index is 1210. The second-order valence-electron chi connectivity index (χ2n) is 7.19. The summed E-state index contributed by atoms with van der Waals surface area (Å²) >= 11 is 15.8. The van der Waals surface area contributed by atoms with Crippen molar-refractivity contribution in [1.29, 1.82) is 0 Å². The Kier molecular flexibility index (Phi) is 9.02. The zero-order valence-electron chi connectivity index (χ0n) is 17.6. The van der Waals surface area contributed by atoms with E-state index in [9.17, 15) is 18.4 Å². The number of amides is 1. The van der Waals surface area contributed by atoms with Gasteiger partial charge < -0.3 is 15.8 Å². The van der Waals surface area contributed by atoms with Crippen LogP contribution < -0.4 is 15.8 Å². The number of ether oxygens (including phenoxy) is 1. The molecule has 0 spiro atoms. The number of benzene rings is 3. The average Bonchev–Trinajstić information content (AvgIpc) is 2.79. The molecule has 0 atom stereocenters. The molecular weight excluding hydrogens is 553 g/mol. The van der Waals surface area contributed by atoms with Crippen LogP contribution in [0.15, 0.2) is 59.1 Å². The van der Waals surface area contributed by atoms with Gasteiger partial charge in [-0.2, -0.15) is 0 Å². The summed E-state index contributed by atoms with van der Waals surface area (Å²) in [6.45, 7) is -0.749. The van der Waals surface area contributed by atoms with Crippen molar-refractivity contribution in [3.8, 4) is 5.75 Å². The van der Waals surface area contributed by atoms with E-state index < -0.39 is 18.9 Å². The lowest BCUT2D eigenvalue weighted by atomic mass is 9.99. The van der Waals surface area contributed by atoms with Gasteiger partial charge in [-0.1, -0.05) is 51.3 Å². The summed E-state index contributed by atoms with van der Waals surface area (Å²) in [6.07, 6.45) is -2.86.